The van der Waals surface area contributed by atoms with Crippen LogP contribution in [0.5, 0.6) is 5.88 Å². The lowest BCUT2D eigenvalue weighted by molar-refractivity contribution is -0.0563. The average Bonchev–Trinajstić information content (AvgIpc) is 3.64. The number of hydrogen-bond donors (Lipinski definition) is 0. The van der Waals surface area contributed by atoms with E-state index in [1.807, 2.05) is 6.92 Å². The fourth-order valence-electron chi connectivity index (χ4n) is 4.73. The highest BCUT2D eigenvalue weighted by Gasteiger charge is 2.41. The fraction of sp³-hybridized carbons (Fsp3) is 0.194. The van der Waals surface area contributed by atoms with E-state index in [2.05, 4.69) is 15.0 Å². The summed E-state index contributed by atoms with van der Waals surface area (Å²) >= 11 is 6.19. The minimum Gasteiger partial charge on any atom is -0.459 e. The van der Waals surface area contributed by atoms with E-state index in [9.17, 15) is 18.0 Å². The maximum absolute atomic E-state index is 13.0. The molecule has 3 atom stereocenters. The highest BCUT2D eigenvalue weighted by molar-refractivity contribution is 7.87. The van der Waals surface area contributed by atoms with Crippen molar-refractivity contribution < 1.29 is 36.4 Å². The molecule has 230 valence electrons. The van der Waals surface area contributed by atoms with Crippen molar-refractivity contribution in [3.8, 4) is 5.88 Å². The molecule has 1 fully saturated rings. The molecule has 0 amide bonds. The standard InChI is InChI=1S/C31H25ClN4O8S/c1-19-12-14-22(15-13-19)45(39,40)44-28-26-27(34-31(32)35-28)36(18-33-26)25-16-23(43-30(38)21-10-6-3-7-11-21)24(42-25)17-41-29(37)20-8-4-2-5-9-20/h2-15,18,23-25H,16-17H2,1H3/t23-,24+,25+/m0/s1. The Labute approximate surface area is 262 Å². The van der Waals surface area contributed by atoms with Gasteiger partial charge in [-0.25, -0.2) is 14.6 Å². The molecule has 1 aliphatic rings. The zero-order chi connectivity index (χ0) is 31.6. The highest BCUT2D eigenvalue weighted by atomic mass is 35.5. The van der Waals surface area contributed by atoms with Gasteiger partial charge in [-0.15, -0.1) is 0 Å². The number of aromatic nitrogens is 4. The van der Waals surface area contributed by atoms with Crippen LogP contribution in [0.3, 0.4) is 0 Å². The van der Waals surface area contributed by atoms with Gasteiger partial charge in [0, 0.05) is 6.42 Å². The van der Waals surface area contributed by atoms with Crippen molar-refractivity contribution in [1.29, 1.82) is 0 Å². The summed E-state index contributed by atoms with van der Waals surface area (Å²) in [4.78, 5) is 38.0. The molecule has 45 heavy (non-hydrogen) atoms. The van der Waals surface area contributed by atoms with Gasteiger partial charge in [0.2, 0.25) is 5.28 Å². The van der Waals surface area contributed by atoms with Crippen LogP contribution < -0.4 is 4.18 Å². The Hall–Kier alpha value is -4.85. The number of imidazole rings is 1. The number of aryl methyl sites for hydroxylation is 1. The number of halogens is 1. The van der Waals surface area contributed by atoms with Crippen LogP contribution in [0.4, 0.5) is 0 Å². The van der Waals surface area contributed by atoms with Crippen molar-refractivity contribution in [2.45, 2.75) is 36.7 Å². The number of esters is 2. The molecule has 3 heterocycles. The number of ether oxygens (including phenoxy) is 3. The lowest BCUT2D eigenvalue weighted by Gasteiger charge is -2.19. The maximum atomic E-state index is 13.0. The second-order valence-electron chi connectivity index (χ2n) is 10.1. The zero-order valence-corrected chi connectivity index (χ0v) is 25.2. The normalized spacial score (nSPS) is 18.0. The van der Waals surface area contributed by atoms with Crippen molar-refractivity contribution in [3.05, 3.63) is 113 Å². The summed E-state index contributed by atoms with van der Waals surface area (Å²) in [5.41, 5.74) is 1.69. The Balaban J connectivity index is 1.27. The number of carbonyl (C=O) groups excluding carboxylic acids is 2. The van der Waals surface area contributed by atoms with Crippen LogP contribution in [-0.4, -0.2) is 58.7 Å². The SMILES string of the molecule is Cc1ccc(S(=O)(=O)Oc2nc(Cl)nc3c2ncn3[C@H]2C[C@H](OC(=O)c3ccccc3)[C@@H](COC(=O)c3ccccc3)O2)cc1. The topological polar surface area (TPSA) is 149 Å². The number of carbonyl (C=O) groups is 2. The van der Waals surface area contributed by atoms with E-state index in [0.29, 0.717) is 11.1 Å². The third-order valence-electron chi connectivity index (χ3n) is 7.01. The molecule has 5 aromatic rings. The first-order chi connectivity index (χ1) is 21.7. The molecule has 0 radical (unpaired) electrons. The van der Waals surface area contributed by atoms with Gasteiger partial charge in [0.05, 0.1) is 17.5 Å². The van der Waals surface area contributed by atoms with E-state index in [-0.39, 0.29) is 40.3 Å². The molecule has 0 aliphatic carbocycles. The Morgan fingerprint density at radius 1 is 0.933 bits per heavy atom. The quantitative estimate of drug-likeness (QED) is 0.122. The van der Waals surface area contributed by atoms with Gasteiger partial charge in [0.25, 0.3) is 5.88 Å². The van der Waals surface area contributed by atoms with Crippen LogP contribution in [-0.2, 0) is 24.3 Å². The monoisotopic (exact) mass is 648 g/mol. The summed E-state index contributed by atoms with van der Waals surface area (Å²) in [6, 6.07) is 23.0. The van der Waals surface area contributed by atoms with Gasteiger partial charge < -0.3 is 18.4 Å². The van der Waals surface area contributed by atoms with Crippen molar-refractivity contribution in [3.63, 3.8) is 0 Å². The van der Waals surface area contributed by atoms with E-state index in [0.717, 1.165) is 5.56 Å². The van der Waals surface area contributed by atoms with Gasteiger partial charge in [0.1, 0.15) is 29.9 Å². The lowest BCUT2D eigenvalue weighted by atomic mass is 10.1. The Morgan fingerprint density at radius 2 is 1.58 bits per heavy atom. The van der Waals surface area contributed by atoms with E-state index >= 15 is 0 Å². The third-order valence-corrected chi connectivity index (χ3v) is 8.40. The first-order valence-electron chi connectivity index (χ1n) is 13.7. The molecule has 0 spiro atoms. The van der Waals surface area contributed by atoms with Crippen molar-refractivity contribution in [2.24, 2.45) is 0 Å². The summed E-state index contributed by atoms with van der Waals surface area (Å²) in [5, 5.41) is -0.295. The minimum absolute atomic E-state index is 0.00970. The molecule has 1 aliphatic heterocycles. The molecule has 0 saturated carbocycles. The summed E-state index contributed by atoms with van der Waals surface area (Å²) in [7, 11) is -4.28. The molecule has 3 aromatic carbocycles. The van der Waals surface area contributed by atoms with Gasteiger partial charge in [-0.3, -0.25) is 4.57 Å². The van der Waals surface area contributed by atoms with Crippen LogP contribution in [0.25, 0.3) is 11.2 Å². The highest BCUT2D eigenvalue weighted by Crippen LogP contribution is 2.35. The Morgan fingerprint density at radius 3 is 2.24 bits per heavy atom. The van der Waals surface area contributed by atoms with Gasteiger partial charge in [0.15, 0.2) is 11.2 Å². The predicted octanol–water partition coefficient (Wildman–Crippen LogP) is 4.93. The Bertz CT molecular complexity index is 1950. The second kappa shape index (κ2) is 12.6. The Kier molecular flexibility index (Phi) is 8.48. The summed E-state index contributed by atoms with van der Waals surface area (Å²) in [5.74, 6) is -1.52. The maximum Gasteiger partial charge on any atom is 0.340 e. The molecule has 0 N–H and O–H groups in total. The summed E-state index contributed by atoms with van der Waals surface area (Å²) in [6.07, 6.45) is -1.03. The molecular formula is C31H25ClN4O8S. The first-order valence-corrected chi connectivity index (χ1v) is 15.5. The first kappa shape index (κ1) is 30.2. The molecule has 1 saturated heterocycles. The molecule has 0 bridgehead atoms. The van der Waals surface area contributed by atoms with Crippen molar-refractivity contribution >= 4 is 44.8 Å². The van der Waals surface area contributed by atoms with Crippen molar-refractivity contribution in [1.82, 2.24) is 19.5 Å². The molecule has 6 rings (SSSR count). The van der Waals surface area contributed by atoms with E-state index in [1.54, 1.807) is 72.8 Å². The van der Waals surface area contributed by atoms with Gasteiger partial charge in [-0.2, -0.15) is 18.4 Å². The van der Waals surface area contributed by atoms with Gasteiger partial charge in [-0.1, -0.05) is 54.1 Å². The number of benzene rings is 3. The van der Waals surface area contributed by atoms with Gasteiger partial charge >= 0.3 is 22.1 Å². The lowest BCUT2D eigenvalue weighted by Crippen LogP contribution is -2.32. The average molecular weight is 649 g/mol. The molecule has 2 aromatic heterocycles. The summed E-state index contributed by atoms with van der Waals surface area (Å²) in [6.45, 7) is 1.61. The number of rotatable bonds is 9. The fourth-order valence-corrected chi connectivity index (χ4v) is 5.78. The second-order valence-corrected chi connectivity index (χ2v) is 12.0. The number of hydrogen-bond acceptors (Lipinski definition) is 11. The van der Waals surface area contributed by atoms with Crippen LogP contribution in [0.15, 0.2) is 96.2 Å². The molecule has 14 heteroatoms. The van der Waals surface area contributed by atoms with Gasteiger partial charge in [-0.05, 0) is 54.9 Å². The van der Waals surface area contributed by atoms with Crippen LogP contribution in [0.1, 0.15) is 38.9 Å². The molecule has 0 unspecified atom stereocenters. The van der Waals surface area contributed by atoms with Crippen LogP contribution in [0, 0.1) is 6.92 Å². The van der Waals surface area contributed by atoms with E-state index < -0.39 is 40.5 Å². The largest absolute Gasteiger partial charge is 0.459 e. The third kappa shape index (κ3) is 6.65. The van der Waals surface area contributed by atoms with Crippen LogP contribution >= 0.6 is 11.6 Å². The summed E-state index contributed by atoms with van der Waals surface area (Å²) < 4.78 is 50.4. The predicted molar refractivity (Wildman–Crippen MR) is 160 cm³/mol. The molecular weight excluding hydrogens is 624 g/mol. The van der Waals surface area contributed by atoms with Crippen LogP contribution in [0.2, 0.25) is 5.28 Å². The van der Waals surface area contributed by atoms with E-state index in [1.165, 1.54) is 23.0 Å². The zero-order valence-electron chi connectivity index (χ0n) is 23.6. The number of nitrogens with zero attached hydrogens (tertiary/aromatic N) is 4. The number of fused-ring (bicyclic) bond motifs is 1. The smallest absolute Gasteiger partial charge is 0.340 e. The van der Waals surface area contributed by atoms with E-state index in [4.69, 9.17) is 30.0 Å². The minimum atomic E-state index is -4.28. The molecule has 12 nitrogen and oxygen atoms in total. The van der Waals surface area contributed by atoms with Crippen molar-refractivity contribution in [2.75, 3.05) is 6.61 Å².